The van der Waals surface area contributed by atoms with Crippen LogP contribution in [-0.2, 0) is 19.8 Å². The molecule has 2 saturated carbocycles. The zero-order valence-electron chi connectivity index (χ0n) is 22.7. The van der Waals surface area contributed by atoms with Gasteiger partial charge in [0.15, 0.2) is 0 Å². The molecule has 6 nitrogen and oxygen atoms in total. The fourth-order valence-electron chi connectivity index (χ4n) is 9.01. The van der Waals surface area contributed by atoms with E-state index in [1.807, 2.05) is 36.4 Å². The lowest BCUT2D eigenvalue weighted by Crippen LogP contribution is -2.54. The van der Waals surface area contributed by atoms with E-state index >= 15 is 0 Å². The highest BCUT2D eigenvalue weighted by atomic mass is 79.9. The number of halogens is 1. The first kappa shape index (κ1) is 25.2. The summed E-state index contributed by atoms with van der Waals surface area (Å²) in [6.07, 6.45) is 6.29. The predicted octanol–water partition coefficient (Wildman–Crippen LogP) is 5.93. The van der Waals surface area contributed by atoms with Gasteiger partial charge in [0.1, 0.15) is 0 Å². The Morgan fingerprint density at radius 2 is 1.61 bits per heavy atom. The zero-order chi connectivity index (χ0) is 28.1. The Kier molecular flexibility index (Phi) is 5.35. The number of carbonyl (C=O) groups is 3. The van der Waals surface area contributed by atoms with Crippen LogP contribution in [0.2, 0.25) is 0 Å². The van der Waals surface area contributed by atoms with Crippen molar-refractivity contribution in [2.24, 2.45) is 34.2 Å². The van der Waals surface area contributed by atoms with Crippen molar-refractivity contribution in [2.45, 2.75) is 43.9 Å². The number of anilines is 1. The molecule has 3 aromatic carbocycles. The minimum Gasteiger partial charge on any atom is -0.274 e. The van der Waals surface area contributed by atoms with E-state index in [1.165, 1.54) is 17.7 Å². The lowest BCUT2D eigenvalue weighted by atomic mass is 9.47. The molecule has 5 atom stereocenters. The van der Waals surface area contributed by atoms with Gasteiger partial charge in [0, 0.05) is 22.5 Å². The Hall–Kier alpha value is -3.58. The van der Waals surface area contributed by atoms with Crippen molar-refractivity contribution in [1.29, 1.82) is 0 Å². The number of amides is 3. The average molecular weight is 609 g/mol. The number of fused-ring (bicyclic) bond motifs is 1. The fraction of sp³-hybridized carbons (Fsp3) is 0.353. The van der Waals surface area contributed by atoms with Gasteiger partial charge in [-0.3, -0.25) is 14.4 Å². The molecule has 0 unspecified atom stereocenters. The molecular weight excluding hydrogens is 578 g/mol. The smallest absolute Gasteiger partial charge is 0.244 e. The fourth-order valence-corrected chi connectivity index (χ4v) is 9.28. The summed E-state index contributed by atoms with van der Waals surface area (Å²) in [5.41, 5.74) is 6.58. The molecule has 6 aliphatic rings. The molecule has 1 aliphatic heterocycles. The monoisotopic (exact) mass is 607 g/mol. The second kappa shape index (κ2) is 8.71. The molecule has 1 N–H and O–H groups in total. The standard InChI is InChI=1S/C34H30BrN3O3/c1-33-17-7-6-12-25(33)28(33)30(39)37-36-18-34-23-10-4-2-8-21(23)26(22-9-3-5-11-24(22)34)27-29(34)32(41)38(31(27)40)20-15-13-19(35)14-16-20/h2-5,8-11,13-16,18,25-29H,6-7,12,17H2,1H3,(H,37,39)/b36-18-/t25-,26?,27+,28-,29+,33+,34?/m1/s1. The molecule has 0 spiro atoms. The first-order chi connectivity index (χ1) is 19.9. The van der Waals surface area contributed by atoms with Crippen molar-refractivity contribution in [3.63, 3.8) is 0 Å². The number of hydrazone groups is 1. The molecule has 3 aromatic rings. The van der Waals surface area contributed by atoms with Gasteiger partial charge in [-0.25, -0.2) is 10.3 Å². The topological polar surface area (TPSA) is 78.8 Å². The summed E-state index contributed by atoms with van der Waals surface area (Å²) in [5.74, 6) is -1.52. The molecule has 2 bridgehead atoms. The zero-order valence-corrected chi connectivity index (χ0v) is 24.3. The van der Waals surface area contributed by atoms with Gasteiger partial charge in [0.05, 0.1) is 22.9 Å². The lowest BCUT2D eigenvalue weighted by Gasteiger charge is -2.52. The van der Waals surface area contributed by atoms with E-state index in [2.05, 4.69) is 57.6 Å². The van der Waals surface area contributed by atoms with Crippen LogP contribution >= 0.6 is 15.9 Å². The highest BCUT2D eigenvalue weighted by Gasteiger charge is 2.68. The number of hydrogen-bond donors (Lipinski definition) is 1. The first-order valence-corrected chi connectivity index (χ1v) is 15.3. The molecule has 3 amide bonds. The largest absolute Gasteiger partial charge is 0.274 e. The number of benzene rings is 3. The number of rotatable bonds is 4. The van der Waals surface area contributed by atoms with Crippen LogP contribution in [-0.4, -0.2) is 23.9 Å². The molecule has 9 rings (SSSR count). The molecule has 7 heteroatoms. The third kappa shape index (κ3) is 3.24. The van der Waals surface area contributed by atoms with Gasteiger partial charge in [-0.05, 0) is 70.7 Å². The average Bonchev–Trinajstić information content (AvgIpc) is 3.54. The van der Waals surface area contributed by atoms with Gasteiger partial charge in [-0.1, -0.05) is 84.2 Å². The number of nitrogens with one attached hydrogen (secondary N) is 1. The maximum atomic E-state index is 14.4. The predicted molar refractivity (Wildman–Crippen MR) is 159 cm³/mol. The number of imide groups is 1. The second-order valence-corrected chi connectivity index (χ2v) is 13.5. The Labute approximate surface area is 247 Å². The van der Waals surface area contributed by atoms with Crippen LogP contribution in [0.25, 0.3) is 0 Å². The van der Waals surface area contributed by atoms with Crippen molar-refractivity contribution in [2.75, 3.05) is 4.90 Å². The van der Waals surface area contributed by atoms with Crippen LogP contribution in [0.3, 0.4) is 0 Å². The minimum absolute atomic E-state index is 0.0170. The summed E-state index contributed by atoms with van der Waals surface area (Å²) in [6, 6.07) is 23.5. The van der Waals surface area contributed by atoms with E-state index in [9.17, 15) is 14.4 Å². The maximum Gasteiger partial charge on any atom is 0.244 e. The van der Waals surface area contributed by atoms with Gasteiger partial charge in [-0.2, -0.15) is 5.10 Å². The Balaban J connectivity index is 1.25. The van der Waals surface area contributed by atoms with Crippen molar-refractivity contribution >= 4 is 45.6 Å². The molecule has 41 heavy (non-hydrogen) atoms. The summed E-state index contributed by atoms with van der Waals surface area (Å²) < 4.78 is 0.876. The summed E-state index contributed by atoms with van der Waals surface area (Å²) in [6.45, 7) is 2.22. The lowest BCUT2D eigenvalue weighted by molar-refractivity contribution is -0.124. The van der Waals surface area contributed by atoms with Gasteiger partial charge in [0.25, 0.3) is 0 Å². The Morgan fingerprint density at radius 3 is 2.24 bits per heavy atom. The van der Waals surface area contributed by atoms with Crippen LogP contribution in [0.15, 0.2) is 82.4 Å². The van der Waals surface area contributed by atoms with Gasteiger partial charge in [-0.15, -0.1) is 0 Å². The van der Waals surface area contributed by atoms with E-state index in [1.54, 1.807) is 18.3 Å². The second-order valence-electron chi connectivity index (χ2n) is 12.6. The number of carbonyl (C=O) groups excluding carboxylic acids is 3. The first-order valence-electron chi connectivity index (χ1n) is 14.5. The molecule has 1 saturated heterocycles. The minimum atomic E-state index is -0.989. The SMILES string of the molecule is C[C@]12CCCC[C@@H]1[C@@H]2C(=O)N/N=C\C12c3ccccc3C(c3ccccc31)[C@@H]1C(=O)N(c3ccc(Br)cc3)C(=O)[C@H]12. The van der Waals surface area contributed by atoms with Crippen molar-refractivity contribution in [3.05, 3.63) is 99.5 Å². The number of nitrogens with zero attached hydrogens (tertiary/aromatic N) is 2. The summed E-state index contributed by atoms with van der Waals surface area (Å²) in [4.78, 5) is 43.4. The summed E-state index contributed by atoms with van der Waals surface area (Å²) in [7, 11) is 0. The van der Waals surface area contributed by atoms with Crippen LogP contribution < -0.4 is 10.3 Å². The third-order valence-corrected chi connectivity index (χ3v) is 11.4. The molecular formula is C34H30BrN3O3. The Morgan fingerprint density at radius 1 is 0.951 bits per heavy atom. The van der Waals surface area contributed by atoms with Crippen LogP contribution in [0, 0.1) is 29.1 Å². The van der Waals surface area contributed by atoms with Gasteiger partial charge in [0.2, 0.25) is 17.7 Å². The molecule has 3 fully saturated rings. The quantitative estimate of drug-likeness (QED) is 0.227. The van der Waals surface area contributed by atoms with Gasteiger partial charge < -0.3 is 0 Å². The van der Waals surface area contributed by atoms with Crippen molar-refractivity contribution < 1.29 is 14.4 Å². The highest BCUT2D eigenvalue weighted by molar-refractivity contribution is 9.10. The number of hydrogen-bond acceptors (Lipinski definition) is 4. The summed E-state index contributed by atoms with van der Waals surface area (Å²) >= 11 is 3.46. The third-order valence-electron chi connectivity index (χ3n) is 10.8. The van der Waals surface area contributed by atoms with Gasteiger partial charge >= 0.3 is 0 Å². The molecule has 206 valence electrons. The van der Waals surface area contributed by atoms with E-state index in [4.69, 9.17) is 0 Å². The molecule has 0 radical (unpaired) electrons. The normalized spacial score (nSPS) is 34.2. The highest BCUT2D eigenvalue weighted by Crippen LogP contribution is 2.66. The summed E-state index contributed by atoms with van der Waals surface area (Å²) in [5, 5.41) is 4.63. The molecule has 5 aliphatic carbocycles. The molecule has 0 aromatic heterocycles. The van der Waals surface area contributed by atoms with E-state index in [0.717, 1.165) is 39.6 Å². The van der Waals surface area contributed by atoms with Crippen molar-refractivity contribution in [3.8, 4) is 0 Å². The van der Waals surface area contributed by atoms with E-state index in [-0.39, 0.29) is 35.0 Å². The van der Waals surface area contributed by atoms with Crippen LogP contribution in [0.1, 0.15) is 60.8 Å². The van der Waals surface area contributed by atoms with Crippen molar-refractivity contribution in [1.82, 2.24) is 5.43 Å². The van der Waals surface area contributed by atoms with E-state index in [0.29, 0.717) is 11.6 Å². The Bertz CT molecular complexity index is 1620. The molecule has 1 heterocycles. The van der Waals surface area contributed by atoms with Crippen LogP contribution in [0.5, 0.6) is 0 Å². The van der Waals surface area contributed by atoms with E-state index < -0.39 is 17.3 Å². The van der Waals surface area contributed by atoms with Crippen LogP contribution in [0.4, 0.5) is 5.69 Å². The maximum absolute atomic E-state index is 14.4.